The summed E-state index contributed by atoms with van der Waals surface area (Å²) in [6.45, 7) is 4.02. The molecule has 1 saturated heterocycles. The van der Waals surface area contributed by atoms with Crippen molar-refractivity contribution in [2.24, 2.45) is 5.73 Å². The van der Waals surface area contributed by atoms with Crippen LogP contribution in [-0.4, -0.2) is 34.1 Å². The highest BCUT2D eigenvalue weighted by atomic mass is 32.2. The summed E-state index contributed by atoms with van der Waals surface area (Å²) in [5, 5.41) is 0. The van der Waals surface area contributed by atoms with E-state index in [1.54, 1.807) is 12.1 Å². The predicted molar refractivity (Wildman–Crippen MR) is 81.3 cm³/mol. The molecule has 0 saturated carbocycles. The fraction of sp³-hybridized carbons (Fsp3) is 0.571. The molecule has 20 heavy (non-hydrogen) atoms. The van der Waals surface area contributed by atoms with Crippen LogP contribution in [-0.2, 0) is 10.0 Å². The van der Waals surface area contributed by atoms with Gasteiger partial charge in [-0.2, -0.15) is 0 Å². The predicted octanol–water partition coefficient (Wildman–Crippen LogP) is 1.30. The maximum absolute atomic E-state index is 12.4. The second kappa shape index (κ2) is 6.56. The van der Waals surface area contributed by atoms with Gasteiger partial charge in [0.1, 0.15) is 4.90 Å². The molecule has 2 rings (SSSR count). The van der Waals surface area contributed by atoms with E-state index in [4.69, 9.17) is 5.73 Å². The van der Waals surface area contributed by atoms with Crippen LogP contribution in [0.5, 0.6) is 0 Å². The van der Waals surface area contributed by atoms with Gasteiger partial charge in [0.25, 0.3) is 0 Å². The van der Waals surface area contributed by atoms with E-state index in [9.17, 15) is 8.42 Å². The third-order valence-corrected chi connectivity index (χ3v) is 5.09. The van der Waals surface area contributed by atoms with E-state index >= 15 is 0 Å². The Morgan fingerprint density at radius 1 is 1.30 bits per heavy atom. The number of nitrogens with one attached hydrogen (secondary N) is 1. The van der Waals surface area contributed by atoms with Crippen molar-refractivity contribution < 1.29 is 8.42 Å². The van der Waals surface area contributed by atoms with Gasteiger partial charge in [0.05, 0.1) is 5.69 Å². The van der Waals surface area contributed by atoms with E-state index in [1.165, 1.54) is 0 Å². The molecule has 0 bridgehead atoms. The minimum atomic E-state index is -3.44. The Morgan fingerprint density at radius 3 is 2.60 bits per heavy atom. The molecule has 1 fully saturated rings. The van der Waals surface area contributed by atoms with Gasteiger partial charge in [0.15, 0.2) is 0 Å². The van der Waals surface area contributed by atoms with Crippen LogP contribution in [0.4, 0.5) is 5.69 Å². The Morgan fingerprint density at radius 2 is 1.95 bits per heavy atom. The molecule has 3 N–H and O–H groups in total. The van der Waals surface area contributed by atoms with Gasteiger partial charge in [0, 0.05) is 25.7 Å². The van der Waals surface area contributed by atoms with Crippen LogP contribution in [0.15, 0.2) is 29.2 Å². The van der Waals surface area contributed by atoms with Crippen molar-refractivity contribution in [1.82, 2.24) is 4.72 Å². The van der Waals surface area contributed by atoms with Crippen LogP contribution < -0.4 is 15.4 Å². The highest BCUT2D eigenvalue weighted by Crippen LogP contribution is 2.27. The molecule has 112 valence electrons. The Kier molecular flexibility index (Phi) is 5.01. The normalized spacial score (nSPS) is 17.4. The molecule has 0 aliphatic carbocycles. The van der Waals surface area contributed by atoms with Crippen LogP contribution in [0.3, 0.4) is 0 Å². The number of sulfonamides is 1. The number of hydrogen-bond acceptors (Lipinski definition) is 4. The second-order valence-corrected chi connectivity index (χ2v) is 6.93. The van der Waals surface area contributed by atoms with Gasteiger partial charge in [-0.3, -0.25) is 0 Å². The number of hydrogen-bond donors (Lipinski definition) is 2. The third kappa shape index (κ3) is 3.50. The number of para-hydroxylation sites is 1. The monoisotopic (exact) mass is 297 g/mol. The molecule has 0 spiro atoms. The summed E-state index contributed by atoms with van der Waals surface area (Å²) in [5.41, 5.74) is 6.69. The molecule has 1 heterocycles. The van der Waals surface area contributed by atoms with Gasteiger partial charge < -0.3 is 10.6 Å². The molecule has 1 aromatic carbocycles. The van der Waals surface area contributed by atoms with E-state index in [-0.39, 0.29) is 6.04 Å². The third-order valence-electron chi connectivity index (χ3n) is 3.58. The van der Waals surface area contributed by atoms with Gasteiger partial charge >= 0.3 is 0 Å². The lowest BCUT2D eigenvalue weighted by molar-refractivity contribution is 0.499. The average Bonchev–Trinajstić information content (AvgIpc) is 2.46. The Bertz CT molecular complexity index is 537. The van der Waals surface area contributed by atoms with Gasteiger partial charge in [-0.1, -0.05) is 19.1 Å². The van der Waals surface area contributed by atoms with E-state index in [0.717, 1.165) is 38.0 Å². The Balaban J connectivity index is 2.26. The summed E-state index contributed by atoms with van der Waals surface area (Å²) in [6, 6.07) is 7.41. The van der Waals surface area contributed by atoms with Crippen LogP contribution >= 0.6 is 0 Å². The number of nitrogens with zero attached hydrogens (tertiary/aromatic N) is 1. The minimum Gasteiger partial charge on any atom is -0.370 e. The quantitative estimate of drug-likeness (QED) is 0.859. The zero-order valence-electron chi connectivity index (χ0n) is 11.9. The molecule has 0 aromatic heterocycles. The topological polar surface area (TPSA) is 75.4 Å². The first-order chi connectivity index (χ1) is 9.54. The zero-order chi connectivity index (χ0) is 14.6. The van der Waals surface area contributed by atoms with E-state index < -0.39 is 10.0 Å². The van der Waals surface area contributed by atoms with E-state index in [0.29, 0.717) is 11.4 Å². The van der Waals surface area contributed by atoms with Crippen LogP contribution in [0, 0.1) is 0 Å². The molecule has 6 heteroatoms. The van der Waals surface area contributed by atoms with Crippen molar-refractivity contribution in [2.45, 2.75) is 37.1 Å². The SMILES string of the molecule is CCCNS(=O)(=O)c1ccccc1N1CCC(N)CC1. The lowest BCUT2D eigenvalue weighted by atomic mass is 10.1. The van der Waals surface area contributed by atoms with Crippen LogP contribution in [0.25, 0.3) is 0 Å². The lowest BCUT2D eigenvalue weighted by Gasteiger charge is -2.33. The molecular weight excluding hydrogens is 274 g/mol. The highest BCUT2D eigenvalue weighted by molar-refractivity contribution is 7.89. The molecule has 0 radical (unpaired) electrons. The Labute approximate surface area is 121 Å². The van der Waals surface area contributed by atoms with Gasteiger partial charge in [0.2, 0.25) is 10.0 Å². The summed E-state index contributed by atoms with van der Waals surface area (Å²) in [4.78, 5) is 2.48. The first kappa shape index (κ1) is 15.3. The fourth-order valence-corrected chi connectivity index (χ4v) is 3.76. The van der Waals surface area contributed by atoms with E-state index in [2.05, 4.69) is 9.62 Å². The first-order valence-electron chi connectivity index (χ1n) is 7.14. The molecule has 0 unspecified atom stereocenters. The zero-order valence-corrected chi connectivity index (χ0v) is 12.7. The largest absolute Gasteiger partial charge is 0.370 e. The number of nitrogens with two attached hydrogens (primary N) is 1. The molecule has 1 aromatic rings. The molecule has 5 nitrogen and oxygen atoms in total. The summed E-state index contributed by atoms with van der Waals surface area (Å²) >= 11 is 0. The molecule has 0 atom stereocenters. The van der Waals surface area contributed by atoms with Gasteiger partial charge in [-0.25, -0.2) is 13.1 Å². The van der Waals surface area contributed by atoms with Crippen molar-refractivity contribution in [3.05, 3.63) is 24.3 Å². The van der Waals surface area contributed by atoms with Crippen molar-refractivity contribution in [2.75, 3.05) is 24.5 Å². The molecule has 0 amide bonds. The molecular formula is C14H23N3O2S. The Hall–Kier alpha value is -1.11. The minimum absolute atomic E-state index is 0.230. The van der Waals surface area contributed by atoms with Crippen LogP contribution in [0.2, 0.25) is 0 Å². The molecule has 1 aliphatic rings. The standard InChI is InChI=1S/C14H23N3O2S/c1-2-9-16-20(18,19)14-6-4-3-5-13(14)17-10-7-12(15)8-11-17/h3-6,12,16H,2,7-11,15H2,1H3. The van der Waals surface area contributed by atoms with E-state index in [1.807, 2.05) is 19.1 Å². The van der Waals surface area contributed by atoms with Crippen LogP contribution in [0.1, 0.15) is 26.2 Å². The number of benzene rings is 1. The molecule has 1 aliphatic heterocycles. The van der Waals surface area contributed by atoms with Gasteiger partial charge in [-0.05, 0) is 31.4 Å². The number of rotatable bonds is 5. The smallest absolute Gasteiger partial charge is 0.242 e. The second-order valence-electron chi connectivity index (χ2n) is 5.19. The number of piperidine rings is 1. The fourth-order valence-electron chi connectivity index (χ4n) is 2.40. The summed E-state index contributed by atoms with van der Waals surface area (Å²) in [6.07, 6.45) is 2.58. The highest BCUT2D eigenvalue weighted by Gasteiger charge is 2.23. The summed E-state index contributed by atoms with van der Waals surface area (Å²) < 4.78 is 27.3. The number of anilines is 1. The van der Waals surface area contributed by atoms with Crippen molar-refractivity contribution in [1.29, 1.82) is 0 Å². The maximum atomic E-state index is 12.4. The van der Waals surface area contributed by atoms with Crippen molar-refractivity contribution in [3.63, 3.8) is 0 Å². The van der Waals surface area contributed by atoms with Crippen molar-refractivity contribution in [3.8, 4) is 0 Å². The summed E-state index contributed by atoms with van der Waals surface area (Å²) in [7, 11) is -3.44. The maximum Gasteiger partial charge on any atom is 0.242 e. The van der Waals surface area contributed by atoms with Crippen molar-refractivity contribution >= 4 is 15.7 Å². The van der Waals surface area contributed by atoms with Gasteiger partial charge in [-0.15, -0.1) is 0 Å². The lowest BCUT2D eigenvalue weighted by Crippen LogP contribution is -2.40. The average molecular weight is 297 g/mol. The summed E-state index contributed by atoms with van der Waals surface area (Å²) in [5.74, 6) is 0. The first-order valence-corrected chi connectivity index (χ1v) is 8.62.